The van der Waals surface area contributed by atoms with Gasteiger partial charge in [-0.3, -0.25) is 4.90 Å². The van der Waals surface area contributed by atoms with Crippen LogP contribution in [0.25, 0.3) is 0 Å². The van der Waals surface area contributed by atoms with E-state index in [0.717, 1.165) is 57.1 Å². The maximum absolute atomic E-state index is 12.7. The van der Waals surface area contributed by atoms with Crippen molar-refractivity contribution in [2.75, 3.05) is 45.9 Å². The summed E-state index contributed by atoms with van der Waals surface area (Å²) in [5, 5.41) is 3.20. The van der Waals surface area contributed by atoms with Crippen molar-refractivity contribution in [2.24, 2.45) is 0 Å². The maximum atomic E-state index is 12.7. The molecule has 0 bridgehead atoms. The molecule has 0 saturated carbocycles. The van der Waals surface area contributed by atoms with Crippen molar-refractivity contribution >= 4 is 6.03 Å². The minimum atomic E-state index is 0.0402. The molecule has 2 amide bonds. The lowest BCUT2D eigenvalue weighted by Crippen LogP contribution is -2.53. The van der Waals surface area contributed by atoms with Crippen molar-refractivity contribution in [1.82, 2.24) is 15.1 Å². The van der Waals surface area contributed by atoms with Gasteiger partial charge in [0.05, 0.1) is 18.8 Å². The number of amides is 2. The third-order valence-corrected chi connectivity index (χ3v) is 5.40. The highest BCUT2D eigenvalue weighted by Gasteiger charge is 2.28. The predicted octanol–water partition coefficient (Wildman–Crippen LogP) is 2.02. The Morgan fingerprint density at radius 1 is 1.12 bits per heavy atom. The monoisotopic (exact) mass is 345 g/mol. The highest BCUT2D eigenvalue weighted by molar-refractivity contribution is 5.75. The summed E-state index contributed by atoms with van der Waals surface area (Å²) in [4.78, 5) is 17.0. The lowest BCUT2D eigenvalue weighted by Gasteiger charge is -2.37. The van der Waals surface area contributed by atoms with E-state index >= 15 is 0 Å². The maximum Gasteiger partial charge on any atom is 0.317 e. The Hall–Kier alpha value is -1.79. The topological polar surface area (TPSA) is 54.0 Å². The number of nitrogens with zero attached hydrogens (tertiary/aromatic N) is 2. The molecular formula is C19H27N3O3. The number of fused-ring (bicyclic) bond motifs is 1. The molecule has 6 nitrogen and oxygen atoms in total. The van der Waals surface area contributed by atoms with Crippen LogP contribution in [-0.2, 0) is 4.74 Å². The molecule has 6 heteroatoms. The molecule has 0 aliphatic carbocycles. The highest BCUT2D eigenvalue weighted by Crippen LogP contribution is 2.31. The van der Waals surface area contributed by atoms with Crippen LogP contribution in [0.1, 0.15) is 30.9 Å². The summed E-state index contributed by atoms with van der Waals surface area (Å²) in [6.07, 6.45) is 3.56. The van der Waals surface area contributed by atoms with E-state index in [0.29, 0.717) is 12.7 Å². The Bertz CT molecular complexity index is 595. The Labute approximate surface area is 149 Å². The normalized spacial score (nSPS) is 26.8. The average molecular weight is 345 g/mol. The molecule has 136 valence electrons. The van der Waals surface area contributed by atoms with Gasteiger partial charge in [0, 0.05) is 51.3 Å². The zero-order chi connectivity index (χ0) is 17.1. The number of para-hydroxylation sites is 1. The van der Waals surface area contributed by atoms with Crippen LogP contribution < -0.4 is 10.1 Å². The Morgan fingerprint density at radius 3 is 2.76 bits per heavy atom. The smallest absolute Gasteiger partial charge is 0.317 e. The second-order valence-electron chi connectivity index (χ2n) is 7.10. The minimum Gasteiger partial charge on any atom is -0.493 e. The van der Waals surface area contributed by atoms with Gasteiger partial charge in [-0.2, -0.15) is 0 Å². The molecule has 0 unspecified atom stereocenters. The molecule has 3 aliphatic heterocycles. The number of carbonyl (C=O) groups is 1. The summed E-state index contributed by atoms with van der Waals surface area (Å²) >= 11 is 0. The molecule has 3 aliphatic rings. The van der Waals surface area contributed by atoms with Crippen LogP contribution in [0.3, 0.4) is 0 Å². The Morgan fingerprint density at radius 2 is 1.96 bits per heavy atom. The van der Waals surface area contributed by atoms with Crippen LogP contribution in [-0.4, -0.2) is 67.9 Å². The average Bonchev–Trinajstić information content (AvgIpc) is 3.16. The number of hydrogen-bond acceptors (Lipinski definition) is 4. The van der Waals surface area contributed by atoms with Crippen LogP contribution in [0.5, 0.6) is 5.75 Å². The summed E-state index contributed by atoms with van der Waals surface area (Å²) < 4.78 is 11.4. The van der Waals surface area contributed by atoms with E-state index in [-0.39, 0.29) is 12.1 Å². The number of nitrogens with one attached hydrogen (secondary N) is 1. The van der Waals surface area contributed by atoms with E-state index < -0.39 is 0 Å². The van der Waals surface area contributed by atoms with Gasteiger partial charge in [0.1, 0.15) is 5.75 Å². The van der Waals surface area contributed by atoms with Gasteiger partial charge < -0.3 is 19.7 Å². The van der Waals surface area contributed by atoms with Crippen molar-refractivity contribution < 1.29 is 14.3 Å². The number of urea groups is 1. The van der Waals surface area contributed by atoms with Gasteiger partial charge in [-0.15, -0.1) is 0 Å². The van der Waals surface area contributed by atoms with Crippen molar-refractivity contribution in [3.63, 3.8) is 0 Å². The van der Waals surface area contributed by atoms with Gasteiger partial charge in [0.25, 0.3) is 0 Å². The first-order valence-electron chi connectivity index (χ1n) is 9.41. The fourth-order valence-electron chi connectivity index (χ4n) is 3.94. The molecule has 4 rings (SSSR count). The standard InChI is InChI=1S/C19H27N3O3/c23-19(20-17-7-13-25-18-6-2-1-5-16(17)18)22-10-8-21(9-11-22)14-15-4-3-12-24-15/h1-2,5-6,15,17H,3-4,7-14H2,(H,20,23)/t15-,17-/m1/s1. The van der Waals surface area contributed by atoms with E-state index in [1.165, 1.54) is 12.8 Å². The highest BCUT2D eigenvalue weighted by atomic mass is 16.5. The van der Waals surface area contributed by atoms with E-state index in [2.05, 4.69) is 10.2 Å². The first kappa shape index (κ1) is 16.7. The lowest BCUT2D eigenvalue weighted by atomic mass is 10.0. The third kappa shape index (κ3) is 3.90. The minimum absolute atomic E-state index is 0.0402. The van der Waals surface area contributed by atoms with Crippen LogP contribution in [0.4, 0.5) is 4.79 Å². The van der Waals surface area contributed by atoms with Gasteiger partial charge in [0.15, 0.2) is 0 Å². The molecule has 1 aromatic rings. The van der Waals surface area contributed by atoms with Gasteiger partial charge in [-0.1, -0.05) is 18.2 Å². The molecule has 2 saturated heterocycles. The summed E-state index contributed by atoms with van der Waals surface area (Å²) in [7, 11) is 0. The van der Waals surface area contributed by atoms with Crippen LogP contribution in [0, 0.1) is 0 Å². The zero-order valence-corrected chi connectivity index (χ0v) is 14.7. The number of carbonyl (C=O) groups excluding carboxylic acids is 1. The van der Waals surface area contributed by atoms with Crippen LogP contribution in [0.15, 0.2) is 24.3 Å². The SMILES string of the molecule is O=C(N[C@@H]1CCOc2ccccc21)N1CCN(C[C@H]2CCCO2)CC1. The van der Waals surface area contributed by atoms with Crippen molar-refractivity contribution in [2.45, 2.75) is 31.4 Å². The van der Waals surface area contributed by atoms with Gasteiger partial charge in [-0.25, -0.2) is 4.79 Å². The second-order valence-corrected chi connectivity index (χ2v) is 7.10. The Balaban J connectivity index is 1.28. The van der Waals surface area contributed by atoms with Crippen LogP contribution >= 0.6 is 0 Å². The first-order chi connectivity index (χ1) is 12.3. The molecule has 0 spiro atoms. The summed E-state index contributed by atoms with van der Waals surface area (Å²) in [6, 6.07) is 8.06. The predicted molar refractivity (Wildman–Crippen MR) is 94.8 cm³/mol. The molecule has 25 heavy (non-hydrogen) atoms. The molecular weight excluding hydrogens is 318 g/mol. The molecule has 1 N–H and O–H groups in total. The van der Waals surface area contributed by atoms with Gasteiger partial charge in [-0.05, 0) is 18.9 Å². The third-order valence-electron chi connectivity index (χ3n) is 5.40. The fraction of sp³-hybridized carbons (Fsp3) is 0.632. The second kappa shape index (κ2) is 7.62. The van der Waals surface area contributed by atoms with Gasteiger partial charge in [0.2, 0.25) is 0 Å². The summed E-state index contributed by atoms with van der Waals surface area (Å²) in [5.74, 6) is 0.889. The summed E-state index contributed by atoms with van der Waals surface area (Å²) in [6.45, 7) is 5.97. The molecule has 0 radical (unpaired) electrons. The zero-order valence-electron chi connectivity index (χ0n) is 14.7. The van der Waals surface area contributed by atoms with Crippen molar-refractivity contribution in [3.8, 4) is 5.75 Å². The van der Waals surface area contributed by atoms with Gasteiger partial charge >= 0.3 is 6.03 Å². The molecule has 2 atom stereocenters. The van der Waals surface area contributed by atoms with Crippen LogP contribution in [0.2, 0.25) is 0 Å². The first-order valence-corrected chi connectivity index (χ1v) is 9.41. The van der Waals surface area contributed by atoms with E-state index in [9.17, 15) is 4.79 Å². The molecule has 0 aromatic heterocycles. The lowest BCUT2D eigenvalue weighted by molar-refractivity contribution is 0.0557. The van der Waals surface area contributed by atoms with E-state index in [1.807, 2.05) is 29.2 Å². The number of rotatable bonds is 3. The number of piperazine rings is 1. The molecule has 3 heterocycles. The Kier molecular flexibility index (Phi) is 5.08. The molecule has 2 fully saturated rings. The quantitative estimate of drug-likeness (QED) is 0.911. The van der Waals surface area contributed by atoms with Crippen molar-refractivity contribution in [3.05, 3.63) is 29.8 Å². The number of benzene rings is 1. The van der Waals surface area contributed by atoms with Crippen molar-refractivity contribution in [1.29, 1.82) is 0 Å². The van der Waals surface area contributed by atoms with E-state index in [4.69, 9.17) is 9.47 Å². The number of ether oxygens (including phenoxy) is 2. The fourth-order valence-corrected chi connectivity index (χ4v) is 3.94. The largest absolute Gasteiger partial charge is 0.493 e. The summed E-state index contributed by atoms with van der Waals surface area (Å²) in [5.41, 5.74) is 1.08. The molecule has 1 aromatic carbocycles. The number of hydrogen-bond donors (Lipinski definition) is 1. The van der Waals surface area contributed by atoms with E-state index in [1.54, 1.807) is 0 Å².